The summed E-state index contributed by atoms with van der Waals surface area (Å²) in [6.45, 7) is 6.36. The van der Waals surface area contributed by atoms with Gasteiger partial charge in [-0.2, -0.15) is 0 Å². The SMILES string of the molecule is CCCCC/C=C\C/C=C\CCCCCCCC(=O)O[C@@]12[C@@H]3[C@@H](C[C@@](O)([C@@H]3OC(=O)c3ccccc3)[C@@H](OC)[C@@H]1O)C13C(OC)CC[C@@]4(COC)CN(CC)[C@@H]1[C@@H]2[C@H](OC)[C@@H]34. The minimum absolute atomic E-state index is 0.115. The van der Waals surface area contributed by atoms with E-state index >= 15 is 0 Å². The standard InChI is InChI=1S/C50H75NO10/c1-7-9-10-11-12-13-14-15-16-17-18-19-20-21-25-28-37(52)61-50-38-35(31-48(55,45(59-6)43(50)53)44(38)60-46(54)34-26-23-22-24-27-34)49-36(57-4)29-30-47(33-56-3)32-51(8-2)42(49)39(50)40(58-5)41(47)49/h12-13,15-16,22-24,26-27,35-36,38-45,53,55H,7-11,14,17-21,25,28-33H2,1-6H3/b13-12-,16-15-/t35-,36?,38-,39+,40+,41-,42-,43+,44-,45+,47+,48-,49?,50-/m1/s1. The largest absolute Gasteiger partial charge is 0.455 e. The molecule has 2 unspecified atom stereocenters. The normalized spacial score (nSPS) is 39.6. The highest BCUT2D eigenvalue weighted by molar-refractivity contribution is 5.89. The summed E-state index contributed by atoms with van der Waals surface area (Å²) < 4.78 is 39.0. The Kier molecular flexibility index (Phi) is 14.9. The Balaban J connectivity index is 1.18. The second-order valence-electron chi connectivity index (χ2n) is 19.2. The monoisotopic (exact) mass is 850 g/mol. The Bertz CT molecular complexity index is 1690. The minimum atomic E-state index is -1.78. The molecule has 2 N–H and O–H groups in total. The highest BCUT2D eigenvalue weighted by atomic mass is 16.6. The van der Waals surface area contributed by atoms with Crippen molar-refractivity contribution < 1.29 is 48.2 Å². The maximum Gasteiger partial charge on any atom is 0.338 e. The Morgan fingerprint density at radius 2 is 1.56 bits per heavy atom. The molecule has 5 aliphatic carbocycles. The number of carbonyl (C=O) groups is 2. The fourth-order valence-corrected chi connectivity index (χ4v) is 14.4. The van der Waals surface area contributed by atoms with Gasteiger partial charge in [0.25, 0.3) is 0 Å². The van der Waals surface area contributed by atoms with Crippen LogP contribution in [-0.4, -0.2) is 123 Å². The van der Waals surface area contributed by atoms with Gasteiger partial charge < -0.3 is 38.6 Å². The molecule has 1 saturated heterocycles. The number of rotatable bonds is 23. The molecule has 7 rings (SSSR count). The zero-order valence-corrected chi connectivity index (χ0v) is 37.8. The van der Waals surface area contributed by atoms with Crippen LogP contribution in [0, 0.1) is 34.5 Å². The Morgan fingerprint density at radius 3 is 2.21 bits per heavy atom. The summed E-state index contributed by atoms with van der Waals surface area (Å²) in [7, 11) is 6.71. The van der Waals surface area contributed by atoms with E-state index in [1.807, 2.05) is 6.07 Å². The number of aliphatic hydroxyl groups is 2. The van der Waals surface area contributed by atoms with Crippen molar-refractivity contribution in [3.8, 4) is 0 Å². The van der Waals surface area contributed by atoms with Gasteiger partial charge in [0, 0.05) is 76.0 Å². The molecule has 1 aromatic carbocycles. The van der Waals surface area contributed by atoms with Gasteiger partial charge in [0.1, 0.15) is 23.9 Å². The molecule has 11 nitrogen and oxygen atoms in total. The van der Waals surface area contributed by atoms with Crippen molar-refractivity contribution in [2.24, 2.45) is 34.5 Å². The van der Waals surface area contributed by atoms with Crippen LogP contribution in [0.15, 0.2) is 54.6 Å². The van der Waals surface area contributed by atoms with Crippen LogP contribution >= 0.6 is 0 Å². The van der Waals surface area contributed by atoms with E-state index in [9.17, 15) is 19.8 Å². The summed E-state index contributed by atoms with van der Waals surface area (Å²) in [6.07, 6.45) is 18.3. The average molecular weight is 850 g/mol. The van der Waals surface area contributed by atoms with E-state index in [0.29, 0.717) is 25.1 Å². The van der Waals surface area contributed by atoms with Crippen molar-refractivity contribution in [2.75, 3.05) is 48.1 Å². The van der Waals surface area contributed by atoms with E-state index in [2.05, 4.69) is 43.1 Å². The third kappa shape index (κ3) is 7.67. The molecule has 6 aliphatic rings. The number of nitrogens with zero attached hydrogens (tertiary/aromatic N) is 1. The number of allylic oxidation sites excluding steroid dienone is 4. The lowest BCUT2D eigenvalue weighted by Gasteiger charge is -2.69. The fourth-order valence-electron chi connectivity index (χ4n) is 14.4. The lowest BCUT2D eigenvalue weighted by atomic mass is 9.43. The van der Waals surface area contributed by atoms with Crippen LogP contribution in [0.4, 0.5) is 0 Å². The number of aliphatic hydroxyl groups excluding tert-OH is 1. The van der Waals surface area contributed by atoms with Gasteiger partial charge in [0.2, 0.25) is 0 Å². The number of esters is 2. The summed E-state index contributed by atoms with van der Waals surface area (Å²) in [5, 5.41) is 26.1. The first-order valence-corrected chi connectivity index (χ1v) is 23.6. The van der Waals surface area contributed by atoms with Crippen molar-refractivity contribution >= 4 is 11.9 Å². The predicted molar refractivity (Wildman–Crippen MR) is 233 cm³/mol. The van der Waals surface area contributed by atoms with E-state index in [1.54, 1.807) is 45.6 Å². The fraction of sp³-hybridized carbons (Fsp3) is 0.760. The summed E-state index contributed by atoms with van der Waals surface area (Å²) in [5.74, 6) is -2.83. The molecule has 0 radical (unpaired) electrons. The van der Waals surface area contributed by atoms with Crippen molar-refractivity contribution in [2.45, 2.75) is 158 Å². The molecular formula is C50H75NO10. The first-order valence-electron chi connectivity index (χ1n) is 23.6. The van der Waals surface area contributed by atoms with Crippen LogP contribution in [0.5, 0.6) is 0 Å². The van der Waals surface area contributed by atoms with Crippen LogP contribution in [0.1, 0.15) is 121 Å². The molecule has 5 saturated carbocycles. The minimum Gasteiger partial charge on any atom is -0.455 e. The number of ether oxygens (including phenoxy) is 6. The molecular weight excluding hydrogens is 775 g/mol. The lowest BCUT2D eigenvalue weighted by Crippen LogP contribution is -2.81. The molecule has 1 spiro atoms. The lowest BCUT2D eigenvalue weighted by molar-refractivity contribution is -0.318. The van der Waals surface area contributed by atoms with Crippen molar-refractivity contribution in [1.82, 2.24) is 4.90 Å². The Hall–Kier alpha value is -2.64. The second kappa shape index (κ2) is 19.6. The van der Waals surface area contributed by atoms with Crippen LogP contribution in [0.25, 0.3) is 0 Å². The molecule has 1 heterocycles. The van der Waals surface area contributed by atoms with E-state index in [0.717, 1.165) is 64.3 Å². The quantitative estimate of drug-likeness (QED) is 0.0646. The Morgan fingerprint density at radius 1 is 0.852 bits per heavy atom. The van der Waals surface area contributed by atoms with E-state index in [-0.39, 0.29) is 36.3 Å². The molecule has 1 aliphatic heterocycles. The average Bonchev–Trinajstić information content (AvgIpc) is 3.64. The van der Waals surface area contributed by atoms with Gasteiger partial charge in [-0.3, -0.25) is 9.69 Å². The molecule has 1 aromatic rings. The van der Waals surface area contributed by atoms with Gasteiger partial charge in [0.15, 0.2) is 5.60 Å². The van der Waals surface area contributed by atoms with Crippen molar-refractivity contribution in [3.05, 3.63) is 60.2 Å². The van der Waals surface area contributed by atoms with Gasteiger partial charge >= 0.3 is 11.9 Å². The van der Waals surface area contributed by atoms with Crippen molar-refractivity contribution in [3.63, 3.8) is 0 Å². The number of benzene rings is 1. The van der Waals surface area contributed by atoms with Gasteiger partial charge in [-0.1, -0.05) is 88.5 Å². The van der Waals surface area contributed by atoms with Crippen LogP contribution in [0.3, 0.4) is 0 Å². The molecule has 61 heavy (non-hydrogen) atoms. The molecule has 7 bridgehead atoms. The first-order chi connectivity index (χ1) is 29.6. The zero-order valence-electron chi connectivity index (χ0n) is 37.8. The number of piperidine rings is 1. The summed E-state index contributed by atoms with van der Waals surface area (Å²) >= 11 is 0. The van der Waals surface area contributed by atoms with Crippen molar-refractivity contribution in [1.29, 1.82) is 0 Å². The summed E-state index contributed by atoms with van der Waals surface area (Å²) in [5.41, 5.74) is -4.00. The highest BCUT2D eigenvalue weighted by Gasteiger charge is 2.91. The van der Waals surface area contributed by atoms with Gasteiger partial charge in [-0.05, 0) is 82.4 Å². The number of unbranched alkanes of at least 4 members (excludes halogenated alkanes) is 8. The maximum atomic E-state index is 14.6. The number of hydrogen-bond donors (Lipinski definition) is 2. The Labute approximate surface area is 364 Å². The second-order valence-corrected chi connectivity index (χ2v) is 19.2. The number of fused-ring (bicyclic) bond motifs is 2. The molecule has 11 heteroatoms. The van der Waals surface area contributed by atoms with Crippen LogP contribution < -0.4 is 0 Å². The van der Waals surface area contributed by atoms with Crippen LogP contribution in [0.2, 0.25) is 0 Å². The zero-order chi connectivity index (χ0) is 43.4. The maximum absolute atomic E-state index is 14.6. The number of carbonyl (C=O) groups excluding carboxylic acids is 2. The topological polar surface area (TPSA) is 133 Å². The summed E-state index contributed by atoms with van der Waals surface area (Å²) in [4.78, 5) is 31.1. The van der Waals surface area contributed by atoms with E-state index in [4.69, 9.17) is 28.4 Å². The van der Waals surface area contributed by atoms with Gasteiger partial charge in [-0.25, -0.2) is 4.79 Å². The smallest absolute Gasteiger partial charge is 0.338 e. The molecule has 14 atom stereocenters. The number of methoxy groups -OCH3 is 4. The predicted octanol–water partition coefficient (Wildman–Crippen LogP) is 7.47. The van der Waals surface area contributed by atoms with Crippen LogP contribution in [-0.2, 0) is 33.2 Å². The van der Waals surface area contributed by atoms with E-state index in [1.165, 1.54) is 26.4 Å². The first kappa shape index (κ1) is 46.4. The molecule has 0 amide bonds. The molecule has 340 valence electrons. The summed E-state index contributed by atoms with van der Waals surface area (Å²) in [6, 6.07) is 8.53. The number of likely N-dealkylation sites (tertiary alicyclic amines) is 1. The molecule has 6 fully saturated rings. The third-order valence-electron chi connectivity index (χ3n) is 16.3. The van der Waals surface area contributed by atoms with Gasteiger partial charge in [-0.15, -0.1) is 0 Å². The molecule has 0 aromatic heterocycles. The third-order valence-corrected chi connectivity index (χ3v) is 16.3. The van der Waals surface area contributed by atoms with E-state index < -0.39 is 70.7 Å². The highest BCUT2D eigenvalue weighted by Crippen LogP contribution is 2.80. The van der Waals surface area contributed by atoms with Gasteiger partial charge in [0.05, 0.1) is 24.4 Å². The number of hydrogen-bond acceptors (Lipinski definition) is 11.